The van der Waals surface area contributed by atoms with E-state index < -0.39 is 11.5 Å². The molecule has 1 atom stereocenters. The molecule has 1 amide bonds. The molecule has 0 aliphatic carbocycles. The van der Waals surface area contributed by atoms with Gasteiger partial charge in [0.1, 0.15) is 5.75 Å². The van der Waals surface area contributed by atoms with E-state index in [4.69, 9.17) is 4.74 Å². The smallest absolute Gasteiger partial charge is 0.231 e. The number of benzene rings is 1. The first-order valence-corrected chi connectivity index (χ1v) is 7.97. The molecule has 0 aliphatic rings. The first-order valence-electron chi connectivity index (χ1n) is 7.09. The first-order chi connectivity index (χ1) is 10.4. The Morgan fingerprint density at radius 2 is 2.00 bits per heavy atom. The second-order valence-corrected chi connectivity index (χ2v) is 6.55. The van der Waals surface area contributed by atoms with E-state index in [1.165, 1.54) is 0 Å². The highest BCUT2D eigenvalue weighted by Crippen LogP contribution is 2.27. The maximum absolute atomic E-state index is 12.4. The summed E-state index contributed by atoms with van der Waals surface area (Å²) in [5, 5.41) is 15.0. The quantitative estimate of drug-likeness (QED) is 0.861. The van der Waals surface area contributed by atoms with E-state index in [9.17, 15) is 9.90 Å². The topological polar surface area (TPSA) is 58.6 Å². The lowest BCUT2D eigenvalue weighted by atomic mass is 9.90. The lowest BCUT2D eigenvalue weighted by Gasteiger charge is -2.23. The molecule has 1 unspecified atom stereocenters. The third-order valence-corrected chi connectivity index (χ3v) is 4.85. The molecule has 0 radical (unpaired) electrons. The van der Waals surface area contributed by atoms with Crippen LogP contribution in [0.4, 0.5) is 0 Å². The highest BCUT2D eigenvalue weighted by Gasteiger charge is 2.30. The molecule has 0 aliphatic heterocycles. The van der Waals surface area contributed by atoms with Crippen LogP contribution < -0.4 is 10.1 Å². The van der Waals surface area contributed by atoms with Crippen LogP contribution in [0, 0.1) is 0 Å². The van der Waals surface area contributed by atoms with E-state index in [0.717, 1.165) is 16.2 Å². The molecule has 2 rings (SSSR count). The van der Waals surface area contributed by atoms with Crippen LogP contribution in [0.2, 0.25) is 0 Å². The normalized spacial score (nSPS) is 12.7. The van der Waals surface area contributed by atoms with Crippen molar-refractivity contribution in [3.05, 3.63) is 52.2 Å². The van der Waals surface area contributed by atoms with Crippen molar-refractivity contribution in [2.45, 2.75) is 25.4 Å². The SMILES string of the molecule is COc1ccc(C(O)CNC(=O)C(C)(C)c2cccs2)cc1. The molecule has 0 fully saturated rings. The number of ether oxygens (including phenoxy) is 1. The first kappa shape index (κ1) is 16.5. The van der Waals surface area contributed by atoms with Crippen molar-refractivity contribution in [3.63, 3.8) is 0 Å². The molecule has 2 N–H and O–H groups in total. The van der Waals surface area contributed by atoms with Gasteiger partial charge >= 0.3 is 0 Å². The maximum Gasteiger partial charge on any atom is 0.231 e. The highest BCUT2D eigenvalue weighted by atomic mass is 32.1. The molecule has 1 heterocycles. The van der Waals surface area contributed by atoms with E-state index in [0.29, 0.717) is 0 Å². The summed E-state index contributed by atoms with van der Waals surface area (Å²) in [6.07, 6.45) is -0.742. The van der Waals surface area contributed by atoms with Gasteiger partial charge in [0, 0.05) is 11.4 Å². The fourth-order valence-electron chi connectivity index (χ4n) is 2.10. The van der Waals surface area contributed by atoms with Gasteiger partial charge in [-0.25, -0.2) is 0 Å². The molecule has 5 heteroatoms. The predicted octanol–water partition coefficient (Wildman–Crippen LogP) is 2.88. The number of hydrogen-bond donors (Lipinski definition) is 2. The van der Waals surface area contributed by atoms with Crippen LogP contribution in [-0.2, 0) is 10.2 Å². The zero-order chi connectivity index (χ0) is 16.2. The van der Waals surface area contributed by atoms with Crippen LogP contribution in [0.5, 0.6) is 5.75 Å². The minimum Gasteiger partial charge on any atom is -0.497 e. The average Bonchev–Trinajstić information content (AvgIpc) is 3.07. The van der Waals surface area contributed by atoms with Gasteiger partial charge in [-0.05, 0) is 43.0 Å². The lowest BCUT2D eigenvalue weighted by Crippen LogP contribution is -2.41. The van der Waals surface area contributed by atoms with E-state index >= 15 is 0 Å². The minimum atomic E-state index is -0.742. The van der Waals surface area contributed by atoms with Gasteiger partial charge in [0.15, 0.2) is 0 Å². The van der Waals surface area contributed by atoms with Gasteiger partial charge < -0.3 is 15.2 Å². The molecule has 0 bridgehead atoms. The molecule has 4 nitrogen and oxygen atoms in total. The van der Waals surface area contributed by atoms with Crippen LogP contribution in [-0.4, -0.2) is 24.7 Å². The Morgan fingerprint density at radius 3 is 2.55 bits per heavy atom. The summed E-state index contributed by atoms with van der Waals surface area (Å²) in [5.41, 5.74) is 0.142. The Kier molecular flexibility index (Phi) is 5.21. The van der Waals surface area contributed by atoms with Crippen molar-refractivity contribution < 1.29 is 14.6 Å². The molecule has 1 aromatic heterocycles. The standard InChI is InChI=1S/C17H21NO3S/c1-17(2,15-5-4-10-22-15)16(20)18-11-14(19)12-6-8-13(21-3)9-7-12/h4-10,14,19H,11H2,1-3H3,(H,18,20). The molecule has 2 aromatic rings. The van der Waals surface area contributed by atoms with E-state index in [1.54, 1.807) is 42.7 Å². The fourth-order valence-corrected chi connectivity index (χ4v) is 2.95. The zero-order valence-corrected chi connectivity index (χ0v) is 13.8. The predicted molar refractivity (Wildman–Crippen MR) is 88.3 cm³/mol. The highest BCUT2D eigenvalue weighted by molar-refractivity contribution is 7.10. The van der Waals surface area contributed by atoms with Crippen molar-refractivity contribution in [1.82, 2.24) is 5.32 Å². The van der Waals surface area contributed by atoms with Gasteiger partial charge in [-0.3, -0.25) is 4.79 Å². The van der Waals surface area contributed by atoms with Crippen molar-refractivity contribution in [3.8, 4) is 5.75 Å². The Labute approximate surface area is 134 Å². The fraction of sp³-hybridized carbons (Fsp3) is 0.353. The van der Waals surface area contributed by atoms with Gasteiger partial charge in [-0.2, -0.15) is 0 Å². The largest absolute Gasteiger partial charge is 0.497 e. The number of aliphatic hydroxyl groups excluding tert-OH is 1. The average molecular weight is 319 g/mol. The number of carbonyl (C=O) groups is 1. The number of nitrogens with one attached hydrogen (secondary N) is 1. The second-order valence-electron chi connectivity index (χ2n) is 5.60. The molecular weight excluding hydrogens is 298 g/mol. The molecule has 0 saturated carbocycles. The number of hydrogen-bond acceptors (Lipinski definition) is 4. The third-order valence-electron chi connectivity index (χ3n) is 3.66. The molecule has 22 heavy (non-hydrogen) atoms. The molecule has 1 aromatic carbocycles. The maximum atomic E-state index is 12.4. The van der Waals surface area contributed by atoms with Crippen molar-refractivity contribution in [1.29, 1.82) is 0 Å². The zero-order valence-electron chi connectivity index (χ0n) is 13.0. The van der Waals surface area contributed by atoms with Gasteiger partial charge in [-0.15, -0.1) is 11.3 Å². The number of rotatable bonds is 6. The van der Waals surface area contributed by atoms with Crippen LogP contribution in [0.1, 0.15) is 30.4 Å². The summed E-state index contributed by atoms with van der Waals surface area (Å²) < 4.78 is 5.08. The van der Waals surface area contributed by atoms with Gasteiger partial charge in [-0.1, -0.05) is 18.2 Å². The van der Waals surface area contributed by atoms with Gasteiger partial charge in [0.25, 0.3) is 0 Å². The Morgan fingerprint density at radius 1 is 1.32 bits per heavy atom. The monoisotopic (exact) mass is 319 g/mol. The van der Waals surface area contributed by atoms with E-state index in [2.05, 4.69) is 5.32 Å². The van der Waals surface area contributed by atoms with E-state index in [1.807, 2.05) is 31.4 Å². The molecule has 0 spiro atoms. The van der Waals surface area contributed by atoms with Crippen LogP contribution in [0.25, 0.3) is 0 Å². The Bertz CT molecular complexity index is 605. The van der Waals surface area contributed by atoms with E-state index in [-0.39, 0.29) is 12.5 Å². The number of aliphatic hydroxyl groups is 1. The summed E-state index contributed by atoms with van der Waals surface area (Å²) >= 11 is 1.56. The van der Waals surface area contributed by atoms with Crippen molar-refractivity contribution in [2.75, 3.05) is 13.7 Å². The number of carbonyl (C=O) groups excluding carboxylic acids is 1. The summed E-state index contributed by atoms with van der Waals surface area (Å²) in [6.45, 7) is 3.95. The summed E-state index contributed by atoms with van der Waals surface area (Å²) in [7, 11) is 1.60. The van der Waals surface area contributed by atoms with Gasteiger partial charge in [0.05, 0.1) is 18.6 Å². The Balaban J connectivity index is 1.95. The Hall–Kier alpha value is -1.85. The van der Waals surface area contributed by atoms with Crippen molar-refractivity contribution in [2.24, 2.45) is 0 Å². The number of amides is 1. The summed E-state index contributed by atoms with van der Waals surface area (Å²) in [5.74, 6) is 0.640. The van der Waals surface area contributed by atoms with Gasteiger partial charge in [0.2, 0.25) is 5.91 Å². The molecule has 0 saturated heterocycles. The third kappa shape index (κ3) is 3.67. The minimum absolute atomic E-state index is 0.0949. The lowest BCUT2D eigenvalue weighted by molar-refractivity contribution is -0.126. The summed E-state index contributed by atoms with van der Waals surface area (Å²) in [6, 6.07) is 11.0. The van der Waals surface area contributed by atoms with Crippen molar-refractivity contribution >= 4 is 17.2 Å². The second kappa shape index (κ2) is 6.94. The van der Waals surface area contributed by atoms with Crippen LogP contribution in [0.15, 0.2) is 41.8 Å². The number of methoxy groups -OCH3 is 1. The number of thiophene rings is 1. The summed E-state index contributed by atoms with van der Waals surface area (Å²) in [4.78, 5) is 13.4. The molecular formula is C17H21NO3S. The van der Waals surface area contributed by atoms with Crippen LogP contribution >= 0.6 is 11.3 Å². The van der Waals surface area contributed by atoms with Crippen LogP contribution in [0.3, 0.4) is 0 Å². The molecule has 118 valence electrons.